The van der Waals surface area contributed by atoms with Crippen LogP contribution in [0.4, 0.5) is 0 Å². The monoisotopic (exact) mass is 432 g/mol. The maximum Gasteiger partial charge on any atom is 0.263 e. The Morgan fingerprint density at radius 3 is 2.69 bits per heavy atom. The lowest BCUT2D eigenvalue weighted by Gasteiger charge is -2.25. The summed E-state index contributed by atoms with van der Waals surface area (Å²) in [5.41, 5.74) is 1.90. The molecule has 3 aromatic rings. The van der Waals surface area contributed by atoms with Crippen LogP contribution in [0, 0.1) is 0 Å². The smallest absolute Gasteiger partial charge is 0.263 e. The molecule has 1 aliphatic heterocycles. The molecule has 0 radical (unpaired) electrons. The number of sulfonamides is 1. The van der Waals surface area contributed by atoms with Gasteiger partial charge in [-0.1, -0.05) is 18.6 Å². The number of imidazole rings is 1. The summed E-state index contributed by atoms with van der Waals surface area (Å²) in [5, 5.41) is 4.52. The summed E-state index contributed by atoms with van der Waals surface area (Å²) < 4.78 is 29.5. The van der Waals surface area contributed by atoms with Gasteiger partial charge in [-0.05, 0) is 43.3 Å². The van der Waals surface area contributed by atoms with Crippen LogP contribution in [-0.4, -0.2) is 41.3 Å². The van der Waals surface area contributed by atoms with Gasteiger partial charge in [0.15, 0.2) is 0 Å². The van der Waals surface area contributed by atoms with E-state index in [4.69, 9.17) is 0 Å². The van der Waals surface area contributed by atoms with Crippen molar-refractivity contribution >= 4 is 38.3 Å². The number of nitrogens with zero attached hydrogens (tertiary/aromatic N) is 3. The molecule has 0 unspecified atom stereocenters. The van der Waals surface area contributed by atoms with Crippen LogP contribution in [0.3, 0.4) is 0 Å². The maximum absolute atomic E-state index is 13.0. The third kappa shape index (κ3) is 3.82. The summed E-state index contributed by atoms with van der Waals surface area (Å²) in [6, 6.07) is 9.36. The quantitative estimate of drug-likeness (QED) is 0.648. The van der Waals surface area contributed by atoms with Gasteiger partial charge in [0.2, 0.25) is 10.0 Å². The molecule has 4 rings (SSSR count). The van der Waals surface area contributed by atoms with Gasteiger partial charge in [-0.2, -0.15) is 4.31 Å². The van der Waals surface area contributed by atoms with Crippen LogP contribution in [0.1, 0.15) is 41.7 Å². The summed E-state index contributed by atoms with van der Waals surface area (Å²) >= 11 is 1.15. The van der Waals surface area contributed by atoms with Crippen molar-refractivity contribution in [1.82, 2.24) is 19.2 Å². The van der Waals surface area contributed by atoms with Crippen LogP contribution in [0.15, 0.2) is 40.6 Å². The number of fused-ring (bicyclic) bond motifs is 1. The van der Waals surface area contributed by atoms with Crippen LogP contribution in [-0.2, 0) is 23.1 Å². The first-order chi connectivity index (χ1) is 14.0. The summed E-state index contributed by atoms with van der Waals surface area (Å²) in [6.45, 7) is 4.03. The summed E-state index contributed by atoms with van der Waals surface area (Å²) in [4.78, 5) is 17.8. The number of aromatic nitrogens is 2. The molecule has 1 fully saturated rings. The van der Waals surface area contributed by atoms with E-state index in [-0.39, 0.29) is 22.2 Å². The van der Waals surface area contributed by atoms with Crippen LogP contribution in [0.25, 0.3) is 11.0 Å². The van der Waals surface area contributed by atoms with Crippen molar-refractivity contribution < 1.29 is 13.2 Å². The van der Waals surface area contributed by atoms with E-state index in [1.54, 1.807) is 5.38 Å². The van der Waals surface area contributed by atoms with E-state index < -0.39 is 10.0 Å². The number of rotatable bonds is 6. The van der Waals surface area contributed by atoms with Crippen LogP contribution < -0.4 is 5.32 Å². The molecule has 1 aromatic carbocycles. The van der Waals surface area contributed by atoms with Crippen molar-refractivity contribution in [2.45, 2.75) is 44.2 Å². The van der Waals surface area contributed by atoms with E-state index >= 15 is 0 Å². The number of carbonyl (C=O) groups is 1. The second-order valence-electron chi connectivity index (χ2n) is 7.02. The Labute approximate surface area is 174 Å². The number of amides is 1. The number of hydrogen-bond acceptors (Lipinski definition) is 5. The van der Waals surface area contributed by atoms with E-state index in [2.05, 4.69) is 14.9 Å². The molecule has 3 heterocycles. The van der Waals surface area contributed by atoms with E-state index in [0.717, 1.165) is 54.0 Å². The first kappa shape index (κ1) is 20.1. The summed E-state index contributed by atoms with van der Waals surface area (Å²) in [7, 11) is -3.65. The van der Waals surface area contributed by atoms with Gasteiger partial charge in [0, 0.05) is 19.6 Å². The molecular formula is C20H24N4O3S2. The predicted molar refractivity (Wildman–Crippen MR) is 114 cm³/mol. The molecule has 0 saturated carbocycles. The second-order valence-corrected chi connectivity index (χ2v) is 9.84. The molecule has 7 nitrogen and oxygen atoms in total. The van der Waals surface area contributed by atoms with Crippen molar-refractivity contribution in [3.63, 3.8) is 0 Å². The minimum atomic E-state index is -3.65. The highest BCUT2D eigenvalue weighted by molar-refractivity contribution is 7.89. The highest BCUT2D eigenvalue weighted by Crippen LogP contribution is 2.27. The fraction of sp³-hybridized carbons (Fsp3) is 0.400. The average Bonchev–Trinajstić information content (AvgIpc) is 3.37. The van der Waals surface area contributed by atoms with E-state index in [0.29, 0.717) is 13.1 Å². The van der Waals surface area contributed by atoms with Gasteiger partial charge in [0.05, 0.1) is 17.6 Å². The van der Waals surface area contributed by atoms with Crippen molar-refractivity contribution in [3.05, 3.63) is 46.4 Å². The Bertz CT molecular complexity index is 1130. The SMILES string of the molecule is CCn1c(CNC(=O)c2sccc2S(=O)(=O)N2CCCCC2)nc2ccccc21. The number of benzene rings is 1. The molecule has 1 aliphatic rings. The van der Waals surface area contributed by atoms with Crippen molar-refractivity contribution in [2.75, 3.05) is 13.1 Å². The normalized spacial score (nSPS) is 15.6. The number of carbonyl (C=O) groups excluding carboxylic acids is 1. The highest BCUT2D eigenvalue weighted by atomic mass is 32.2. The van der Waals surface area contributed by atoms with Gasteiger partial charge < -0.3 is 9.88 Å². The molecule has 1 saturated heterocycles. The van der Waals surface area contributed by atoms with E-state index in [1.165, 1.54) is 10.4 Å². The van der Waals surface area contributed by atoms with Gasteiger partial charge in [-0.3, -0.25) is 4.79 Å². The zero-order valence-electron chi connectivity index (χ0n) is 16.3. The molecule has 2 aromatic heterocycles. The zero-order valence-corrected chi connectivity index (χ0v) is 17.9. The standard InChI is InChI=1S/C20H24N4O3S2/c1-2-24-16-9-5-4-8-15(16)22-18(24)14-21-20(25)19-17(10-13-28-19)29(26,27)23-11-6-3-7-12-23/h4-5,8-10,13H,2-3,6-7,11-12,14H2,1H3,(H,21,25). The molecule has 1 amide bonds. The number of piperidine rings is 1. The Balaban J connectivity index is 1.54. The molecule has 0 bridgehead atoms. The number of nitrogens with one attached hydrogen (secondary N) is 1. The lowest BCUT2D eigenvalue weighted by Crippen LogP contribution is -2.36. The zero-order chi connectivity index (χ0) is 20.4. The van der Waals surface area contributed by atoms with E-state index in [9.17, 15) is 13.2 Å². The third-order valence-electron chi connectivity index (χ3n) is 5.23. The fourth-order valence-electron chi connectivity index (χ4n) is 3.76. The van der Waals surface area contributed by atoms with Crippen molar-refractivity contribution in [1.29, 1.82) is 0 Å². The number of aryl methyl sites for hydroxylation is 1. The van der Waals surface area contributed by atoms with Crippen molar-refractivity contribution in [3.8, 4) is 0 Å². The van der Waals surface area contributed by atoms with E-state index in [1.807, 2.05) is 31.2 Å². The summed E-state index contributed by atoms with van der Waals surface area (Å²) in [5.74, 6) is 0.365. The Hall–Kier alpha value is -2.23. The topological polar surface area (TPSA) is 84.3 Å². The minimum absolute atomic E-state index is 0.103. The predicted octanol–water partition coefficient (Wildman–Crippen LogP) is 3.22. The average molecular weight is 433 g/mol. The first-order valence-corrected chi connectivity index (χ1v) is 12.1. The molecule has 9 heteroatoms. The molecule has 0 aliphatic carbocycles. The van der Waals surface area contributed by atoms with Crippen LogP contribution >= 0.6 is 11.3 Å². The van der Waals surface area contributed by atoms with Crippen molar-refractivity contribution in [2.24, 2.45) is 0 Å². The Kier molecular flexibility index (Phi) is 5.71. The highest BCUT2D eigenvalue weighted by Gasteiger charge is 2.31. The number of para-hydroxylation sites is 2. The summed E-state index contributed by atoms with van der Waals surface area (Å²) in [6.07, 6.45) is 2.76. The first-order valence-electron chi connectivity index (χ1n) is 9.82. The molecule has 0 atom stereocenters. The Morgan fingerprint density at radius 1 is 1.17 bits per heavy atom. The molecule has 29 heavy (non-hydrogen) atoms. The number of thiophene rings is 1. The lowest BCUT2D eigenvalue weighted by molar-refractivity contribution is 0.0950. The Morgan fingerprint density at radius 2 is 1.93 bits per heavy atom. The van der Waals surface area contributed by atoms with Gasteiger partial charge >= 0.3 is 0 Å². The fourth-order valence-corrected chi connectivity index (χ4v) is 6.60. The van der Waals surface area contributed by atoms with Gasteiger partial charge in [-0.25, -0.2) is 13.4 Å². The second kappa shape index (κ2) is 8.25. The van der Waals surface area contributed by atoms with Gasteiger partial charge in [0.25, 0.3) is 5.91 Å². The van der Waals surface area contributed by atoms with Gasteiger partial charge in [0.1, 0.15) is 15.6 Å². The third-order valence-corrected chi connectivity index (χ3v) is 8.21. The van der Waals surface area contributed by atoms with Gasteiger partial charge in [-0.15, -0.1) is 11.3 Å². The maximum atomic E-state index is 13.0. The van der Waals surface area contributed by atoms with Crippen LogP contribution in [0.5, 0.6) is 0 Å². The van der Waals surface area contributed by atoms with Crippen LogP contribution in [0.2, 0.25) is 0 Å². The molecule has 1 N–H and O–H groups in total. The molecule has 0 spiro atoms. The number of hydrogen-bond donors (Lipinski definition) is 1. The largest absolute Gasteiger partial charge is 0.344 e. The molecular weight excluding hydrogens is 408 g/mol. The minimum Gasteiger partial charge on any atom is -0.344 e. The lowest BCUT2D eigenvalue weighted by atomic mass is 10.2. The molecule has 154 valence electrons.